The summed E-state index contributed by atoms with van der Waals surface area (Å²) >= 11 is 0. The molecular formula is C12H24N2O2. The highest BCUT2D eigenvalue weighted by molar-refractivity contribution is 5.76. The highest BCUT2D eigenvalue weighted by Gasteiger charge is 2.22. The standard InChI is InChI=1S/C12H24N2O2/c1-10(2)13-7-3-8-16-9-6-12(15)14-11-4-5-11/h10-11,13H,3-9H2,1-2H3,(H,14,15). The van der Waals surface area contributed by atoms with E-state index in [0.29, 0.717) is 25.1 Å². The zero-order valence-corrected chi connectivity index (χ0v) is 10.4. The van der Waals surface area contributed by atoms with Crippen LogP contribution in [-0.2, 0) is 9.53 Å². The van der Waals surface area contributed by atoms with Crippen LogP contribution in [-0.4, -0.2) is 37.7 Å². The number of carbonyl (C=O) groups excluding carboxylic acids is 1. The number of hydrogen-bond donors (Lipinski definition) is 2. The molecule has 0 spiro atoms. The molecule has 1 fully saturated rings. The lowest BCUT2D eigenvalue weighted by Crippen LogP contribution is -2.27. The molecule has 2 N–H and O–H groups in total. The summed E-state index contributed by atoms with van der Waals surface area (Å²) in [5, 5.41) is 6.26. The van der Waals surface area contributed by atoms with Crippen LogP contribution in [0.3, 0.4) is 0 Å². The Morgan fingerprint density at radius 1 is 1.38 bits per heavy atom. The van der Waals surface area contributed by atoms with Gasteiger partial charge < -0.3 is 15.4 Å². The summed E-state index contributed by atoms with van der Waals surface area (Å²) in [7, 11) is 0. The predicted molar refractivity (Wildman–Crippen MR) is 64.4 cm³/mol. The van der Waals surface area contributed by atoms with Crippen molar-refractivity contribution in [2.75, 3.05) is 19.8 Å². The number of carbonyl (C=O) groups is 1. The van der Waals surface area contributed by atoms with Crippen LogP contribution in [0.4, 0.5) is 0 Å². The minimum atomic E-state index is 0.128. The molecule has 1 amide bonds. The van der Waals surface area contributed by atoms with Gasteiger partial charge in [-0.15, -0.1) is 0 Å². The molecule has 0 aromatic carbocycles. The van der Waals surface area contributed by atoms with Crippen molar-refractivity contribution >= 4 is 5.91 Å². The quantitative estimate of drug-likeness (QED) is 0.580. The fourth-order valence-corrected chi connectivity index (χ4v) is 1.36. The monoisotopic (exact) mass is 228 g/mol. The molecule has 0 aliphatic heterocycles. The molecule has 0 radical (unpaired) electrons. The van der Waals surface area contributed by atoms with E-state index in [-0.39, 0.29) is 5.91 Å². The van der Waals surface area contributed by atoms with Crippen LogP contribution < -0.4 is 10.6 Å². The minimum absolute atomic E-state index is 0.128. The van der Waals surface area contributed by atoms with E-state index in [1.165, 1.54) is 0 Å². The molecule has 1 aliphatic carbocycles. The van der Waals surface area contributed by atoms with Crippen LogP contribution in [0.5, 0.6) is 0 Å². The number of ether oxygens (including phenoxy) is 1. The molecule has 94 valence electrons. The molecule has 1 aliphatic rings. The molecular weight excluding hydrogens is 204 g/mol. The lowest BCUT2D eigenvalue weighted by molar-refractivity contribution is -0.122. The van der Waals surface area contributed by atoms with Gasteiger partial charge in [-0.1, -0.05) is 13.8 Å². The number of hydrogen-bond acceptors (Lipinski definition) is 3. The van der Waals surface area contributed by atoms with Crippen molar-refractivity contribution in [3.05, 3.63) is 0 Å². The van der Waals surface area contributed by atoms with E-state index < -0.39 is 0 Å². The Balaban J connectivity index is 1.78. The lowest BCUT2D eigenvalue weighted by Gasteiger charge is -2.08. The van der Waals surface area contributed by atoms with E-state index >= 15 is 0 Å². The zero-order chi connectivity index (χ0) is 11.8. The van der Waals surface area contributed by atoms with Crippen LogP contribution in [0, 0.1) is 0 Å². The fourth-order valence-electron chi connectivity index (χ4n) is 1.36. The zero-order valence-electron chi connectivity index (χ0n) is 10.4. The Morgan fingerprint density at radius 2 is 2.12 bits per heavy atom. The van der Waals surface area contributed by atoms with Gasteiger partial charge in [-0.05, 0) is 25.8 Å². The largest absolute Gasteiger partial charge is 0.381 e. The highest BCUT2D eigenvalue weighted by atomic mass is 16.5. The van der Waals surface area contributed by atoms with E-state index in [1.54, 1.807) is 0 Å². The lowest BCUT2D eigenvalue weighted by atomic mass is 10.3. The molecule has 0 saturated heterocycles. The van der Waals surface area contributed by atoms with Gasteiger partial charge in [0.15, 0.2) is 0 Å². The van der Waals surface area contributed by atoms with E-state index in [1.807, 2.05) is 0 Å². The van der Waals surface area contributed by atoms with Crippen molar-refractivity contribution in [1.29, 1.82) is 0 Å². The van der Waals surface area contributed by atoms with E-state index in [4.69, 9.17) is 4.74 Å². The summed E-state index contributed by atoms with van der Waals surface area (Å²) < 4.78 is 5.39. The molecule has 4 nitrogen and oxygen atoms in total. The summed E-state index contributed by atoms with van der Waals surface area (Å²) in [6.45, 7) is 6.51. The Morgan fingerprint density at radius 3 is 2.75 bits per heavy atom. The Bertz CT molecular complexity index is 203. The highest BCUT2D eigenvalue weighted by Crippen LogP contribution is 2.18. The van der Waals surface area contributed by atoms with Crippen molar-refractivity contribution in [2.45, 2.75) is 51.6 Å². The number of amides is 1. The van der Waals surface area contributed by atoms with Crippen molar-refractivity contribution in [3.8, 4) is 0 Å². The fraction of sp³-hybridized carbons (Fsp3) is 0.917. The molecule has 0 unspecified atom stereocenters. The van der Waals surface area contributed by atoms with Gasteiger partial charge >= 0.3 is 0 Å². The predicted octanol–water partition coefficient (Wildman–Crippen LogP) is 1.06. The van der Waals surface area contributed by atoms with Crippen LogP contribution in [0.1, 0.15) is 39.5 Å². The van der Waals surface area contributed by atoms with Gasteiger partial charge in [0.2, 0.25) is 5.91 Å². The minimum Gasteiger partial charge on any atom is -0.381 e. The van der Waals surface area contributed by atoms with Crippen molar-refractivity contribution in [1.82, 2.24) is 10.6 Å². The first-order valence-electron chi connectivity index (χ1n) is 6.29. The molecule has 0 heterocycles. The maximum Gasteiger partial charge on any atom is 0.222 e. The topological polar surface area (TPSA) is 50.4 Å². The Hall–Kier alpha value is -0.610. The van der Waals surface area contributed by atoms with Crippen LogP contribution >= 0.6 is 0 Å². The molecule has 1 saturated carbocycles. The van der Waals surface area contributed by atoms with Gasteiger partial charge in [0.05, 0.1) is 6.61 Å². The normalized spacial score (nSPS) is 15.4. The summed E-state index contributed by atoms with van der Waals surface area (Å²) in [5.74, 6) is 0.128. The molecule has 0 aromatic rings. The van der Waals surface area contributed by atoms with Crippen LogP contribution in [0.15, 0.2) is 0 Å². The third kappa shape index (κ3) is 7.65. The van der Waals surface area contributed by atoms with Crippen molar-refractivity contribution in [2.24, 2.45) is 0 Å². The van der Waals surface area contributed by atoms with Crippen LogP contribution in [0.2, 0.25) is 0 Å². The Labute approximate surface area is 98.1 Å². The molecule has 0 atom stereocenters. The van der Waals surface area contributed by atoms with Gasteiger partial charge in [0.1, 0.15) is 0 Å². The summed E-state index contributed by atoms with van der Waals surface area (Å²) in [6.07, 6.45) is 3.79. The average Bonchev–Trinajstić information content (AvgIpc) is 2.99. The Kier molecular flexibility index (Phi) is 6.42. The third-order valence-corrected chi connectivity index (χ3v) is 2.43. The number of rotatable bonds is 9. The van der Waals surface area contributed by atoms with E-state index in [9.17, 15) is 4.79 Å². The van der Waals surface area contributed by atoms with Gasteiger partial charge in [-0.2, -0.15) is 0 Å². The smallest absolute Gasteiger partial charge is 0.222 e. The average molecular weight is 228 g/mol. The third-order valence-electron chi connectivity index (χ3n) is 2.43. The number of nitrogens with one attached hydrogen (secondary N) is 2. The van der Waals surface area contributed by atoms with Gasteiger partial charge in [-0.25, -0.2) is 0 Å². The van der Waals surface area contributed by atoms with E-state index in [2.05, 4.69) is 24.5 Å². The second-order valence-electron chi connectivity index (χ2n) is 4.67. The SMILES string of the molecule is CC(C)NCCCOCCC(=O)NC1CC1. The second-order valence-corrected chi connectivity index (χ2v) is 4.67. The summed E-state index contributed by atoms with van der Waals surface area (Å²) in [6, 6.07) is 0.993. The first-order chi connectivity index (χ1) is 7.68. The second kappa shape index (κ2) is 7.63. The van der Waals surface area contributed by atoms with Crippen molar-refractivity contribution < 1.29 is 9.53 Å². The molecule has 1 rings (SSSR count). The van der Waals surface area contributed by atoms with Gasteiger partial charge in [0, 0.05) is 25.1 Å². The van der Waals surface area contributed by atoms with Gasteiger partial charge in [0.25, 0.3) is 0 Å². The molecule has 0 bridgehead atoms. The maximum absolute atomic E-state index is 11.3. The molecule has 16 heavy (non-hydrogen) atoms. The maximum atomic E-state index is 11.3. The van der Waals surface area contributed by atoms with E-state index in [0.717, 1.165) is 32.4 Å². The molecule has 0 aromatic heterocycles. The first-order valence-corrected chi connectivity index (χ1v) is 6.29. The summed E-state index contributed by atoms with van der Waals surface area (Å²) in [5.41, 5.74) is 0. The van der Waals surface area contributed by atoms with Gasteiger partial charge in [-0.3, -0.25) is 4.79 Å². The van der Waals surface area contributed by atoms with Crippen LogP contribution in [0.25, 0.3) is 0 Å². The summed E-state index contributed by atoms with van der Waals surface area (Å²) in [4.78, 5) is 11.3. The van der Waals surface area contributed by atoms with Crippen molar-refractivity contribution in [3.63, 3.8) is 0 Å². The molecule has 4 heteroatoms. The first kappa shape index (κ1) is 13.5.